The van der Waals surface area contributed by atoms with Gasteiger partial charge < -0.3 is 10.6 Å². The smallest absolute Gasteiger partial charge is 0.221 e. The molecular formula is C30H36N2O2. The first-order valence-corrected chi connectivity index (χ1v) is 12.1. The molecule has 1 amide bonds. The number of amides is 1. The number of hydrogen-bond donors (Lipinski definition) is 2. The first-order chi connectivity index (χ1) is 16.3. The van der Waals surface area contributed by atoms with Gasteiger partial charge in [-0.3, -0.25) is 9.59 Å². The van der Waals surface area contributed by atoms with Gasteiger partial charge in [-0.1, -0.05) is 119 Å². The molecule has 0 heterocycles. The van der Waals surface area contributed by atoms with Crippen LogP contribution < -0.4 is 10.6 Å². The van der Waals surface area contributed by atoms with Crippen LogP contribution in [0.1, 0.15) is 57.2 Å². The molecule has 2 N–H and O–H groups in total. The molecule has 0 aromatic heterocycles. The van der Waals surface area contributed by atoms with Crippen LogP contribution >= 0.6 is 0 Å². The quantitative estimate of drug-likeness (QED) is 0.376. The minimum Gasteiger partial charge on any atom is -0.338 e. The molecule has 0 radical (unpaired) electrons. The van der Waals surface area contributed by atoms with Crippen molar-refractivity contribution >= 4 is 11.7 Å². The van der Waals surface area contributed by atoms with Gasteiger partial charge in [0.15, 0.2) is 5.78 Å². The first-order valence-electron chi connectivity index (χ1n) is 12.1. The van der Waals surface area contributed by atoms with Crippen molar-refractivity contribution in [2.75, 3.05) is 0 Å². The highest BCUT2D eigenvalue weighted by Gasteiger charge is 2.38. The van der Waals surface area contributed by atoms with Crippen molar-refractivity contribution in [2.24, 2.45) is 5.92 Å². The molecule has 0 saturated carbocycles. The molecule has 3 rings (SSSR count). The maximum absolute atomic E-state index is 13.5. The van der Waals surface area contributed by atoms with E-state index >= 15 is 0 Å². The molecule has 178 valence electrons. The highest BCUT2D eigenvalue weighted by Crippen LogP contribution is 2.36. The summed E-state index contributed by atoms with van der Waals surface area (Å²) in [5.74, 6) is -0.0398. The molecule has 0 fully saturated rings. The Morgan fingerprint density at radius 1 is 0.706 bits per heavy atom. The summed E-state index contributed by atoms with van der Waals surface area (Å²) in [5.41, 5.74) is 2.10. The molecule has 34 heavy (non-hydrogen) atoms. The number of carbonyl (C=O) groups is 2. The third-order valence-electron chi connectivity index (χ3n) is 6.05. The fourth-order valence-electron chi connectivity index (χ4n) is 4.44. The van der Waals surface area contributed by atoms with Crippen molar-refractivity contribution in [2.45, 2.75) is 58.2 Å². The molecule has 0 spiro atoms. The van der Waals surface area contributed by atoms with E-state index in [0.717, 1.165) is 16.7 Å². The van der Waals surface area contributed by atoms with Gasteiger partial charge in [0.25, 0.3) is 0 Å². The second kappa shape index (κ2) is 11.8. The summed E-state index contributed by atoms with van der Waals surface area (Å²) in [6.45, 7) is 7.85. The summed E-state index contributed by atoms with van der Waals surface area (Å²) in [5, 5.41) is 6.72. The maximum atomic E-state index is 13.5. The van der Waals surface area contributed by atoms with E-state index in [1.807, 2.05) is 119 Å². The van der Waals surface area contributed by atoms with Gasteiger partial charge in [-0.2, -0.15) is 0 Å². The van der Waals surface area contributed by atoms with Crippen molar-refractivity contribution in [3.05, 3.63) is 108 Å². The van der Waals surface area contributed by atoms with Crippen molar-refractivity contribution in [1.29, 1.82) is 0 Å². The third-order valence-corrected chi connectivity index (χ3v) is 6.05. The second-order valence-electron chi connectivity index (χ2n) is 9.37. The van der Waals surface area contributed by atoms with Crippen molar-refractivity contribution < 1.29 is 9.59 Å². The minimum absolute atomic E-state index is 0.0867. The molecule has 4 heteroatoms. The van der Waals surface area contributed by atoms with E-state index in [2.05, 4.69) is 10.6 Å². The summed E-state index contributed by atoms with van der Waals surface area (Å²) in [6, 6.07) is 30.0. The van der Waals surface area contributed by atoms with E-state index in [1.165, 1.54) is 0 Å². The SMILES string of the molecule is CC(C)NC(CCC(=O)NC(c1ccccc1)(c1ccccc1)c1ccccc1)C(=O)C(C)C. The average molecular weight is 457 g/mol. The Morgan fingerprint density at radius 3 is 1.47 bits per heavy atom. The lowest BCUT2D eigenvalue weighted by Crippen LogP contribution is -2.49. The Kier molecular flexibility index (Phi) is 8.78. The van der Waals surface area contributed by atoms with E-state index < -0.39 is 5.54 Å². The lowest BCUT2D eigenvalue weighted by Gasteiger charge is -2.37. The van der Waals surface area contributed by atoms with E-state index in [-0.39, 0.29) is 36.1 Å². The van der Waals surface area contributed by atoms with Crippen LogP contribution in [0.15, 0.2) is 91.0 Å². The molecule has 4 nitrogen and oxygen atoms in total. The van der Waals surface area contributed by atoms with Crippen LogP contribution in [0.3, 0.4) is 0 Å². The molecule has 0 bridgehead atoms. The van der Waals surface area contributed by atoms with Crippen molar-refractivity contribution in [1.82, 2.24) is 10.6 Å². The van der Waals surface area contributed by atoms with Gasteiger partial charge in [-0.15, -0.1) is 0 Å². The Balaban J connectivity index is 1.98. The third kappa shape index (κ3) is 6.00. The van der Waals surface area contributed by atoms with Gasteiger partial charge in [0.05, 0.1) is 6.04 Å². The van der Waals surface area contributed by atoms with Gasteiger partial charge >= 0.3 is 0 Å². The molecule has 0 aliphatic heterocycles. The standard InChI is InChI=1S/C30H36N2O2/c1-22(2)29(34)27(31-23(3)4)20-21-28(33)32-30(24-14-8-5-9-15-24,25-16-10-6-11-17-25)26-18-12-7-13-19-26/h5-19,22-23,27,31H,20-21H2,1-4H3,(H,32,33). The minimum atomic E-state index is -0.843. The highest BCUT2D eigenvalue weighted by atomic mass is 16.2. The topological polar surface area (TPSA) is 58.2 Å². The molecule has 0 aliphatic rings. The molecule has 3 aromatic carbocycles. The predicted molar refractivity (Wildman–Crippen MR) is 138 cm³/mol. The lowest BCUT2D eigenvalue weighted by atomic mass is 9.77. The van der Waals surface area contributed by atoms with E-state index in [0.29, 0.717) is 6.42 Å². The van der Waals surface area contributed by atoms with Crippen LogP contribution in [0.5, 0.6) is 0 Å². The average Bonchev–Trinajstić information content (AvgIpc) is 2.86. The van der Waals surface area contributed by atoms with E-state index in [1.54, 1.807) is 0 Å². The van der Waals surface area contributed by atoms with Gasteiger partial charge in [-0.25, -0.2) is 0 Å². The molecule has 0 aliphatic carbocycles. The van der Waals surface area contributed by atoms with Crippen LogP contribution in [0, 0.1) is 5.92 Å². The number of Topliss-reactive ketones (excluding diaryl/α,β-unsaturated/α-hetero) is 1. The first kappa shape index (κ1) is 25.4. The molecular weight excluding hydrogens is 420 g/mol. The van der Waals surface area contributed by atoms with Gasteiger partial charge in [-0.05, 0) is 23.1 Å². The van der Waals surface area contributed by atoms with Crippen molar-refractivity contribution in [3.8, 4) is 0 Å². The molecule has 1 unspecified atom stereocenters. The zero-order chi connectivity index (χ0) is 24.6. The van der Waals surface area contributed by atoms with Gasteiger partial charge in [0.2, 0.25) is 5.91 Å². The van der Waals surface area contributed by atoms with E-state index in [9.17, 15) is 9.59 Å². The Morgan fingerprint density at radius 2 is 1.12 bits per heavy atom. The van der Waals surface area contributed by atoms with Gasteiger partial charge in [0, 0.05) is 18.4 Å². The molecule has 0 saturated heterocycles. The monoisotopic (exact) mass is 456 g/mol. The van der Waals surface area contributed by atoms with E-state index in [4.69, 9.17) is 0 Å². The fourth-order valence-corrected chi connectivity index (χ4v) is 4.44. The maximum Gasteiger partial charge on any atom is 0.221 e. The largest absolute Gasteiger partial charge is 0.338 e. The van der Waals surface area contributed by atoms with Crippen molar-refractivity contribution in [3.63, 3.8) is 0 Å². The lowest BCUT2D eigenvalue weighted by molar-refractivity contribution is -0.125. The number of ketones is 1. The Labute approximate surface area is 203 Å². The molecule has 1 atom stereocenters. The number of hydrogen-bond acceptors (Lipinski definition) is 3. The zero-order valence-corrected chi connectivity index (χ0v) is 20.6. The number of carbonyl (C=O) groups excluding carboxylic acids is 2. The zero-order valence-electron chi connectivity index (χ0n) is 20.6. The predicted octanol–water partition coefficient (Wildman–Crippen LogP) is 5.47. The summed E-state index contributed by atoms with van der Waals surface area (Å²) in [4.78, 5) is 26.3. The summed E-state index contributed by atoms with van der Waals surface area (Å²) in [7, 11) is 0. The molecule has 3 aromatic rings. The number of rotatable bonds is 11. The second-order valence-corrected chi connectivity index (χ2v) is 9.37. The van der Waals surface area contributed by atoms with Crippen LogP contribution in [-0.2, 0) is 15.1 Å². The fraction of sp³-hybridized carbons (Fsp3) is 0.333. The normalized spacial score (nSPS) is 12.5. The van der Waals surface area contributed by atoms with Crippen LogP contribution in [-0.4, -0.2) is 23.8 Å². The summed E-state index contributed by atoms with van der Waals surface area (Å²) in [6.07, 6.45) is 0.701. The van der Waals surface area contributed by atoms with Crippen LogP contribution in [0.2, 0.25) is 0 Å². The van der Waals surface area contributed by atoms with Crippen LogP contribution in [0.25, 0.3) is 0 Å². The summed E-state index contributed by atoms with van der Waals surface area (Å²) < 4.78 is 0. The van der Waals surface area contributed by atoms with Crippen LogP contribution in [0.4, 0.5) is 0 Å². The Hall–Kier alpha value is -3.24. The highest BCUT2D eigenvalue weighted by molar-refractivity contribution is 5.87. The van der Waals surface area contributed by atoms with Gasteiger partial charge in [0.1, 0.15) is 5.54 Å². The summed E-state index contributed by atoms with van der Waals surface area (Å²) >= 11 is 0. The number of benzene rings is 3. The number of nitrogens with one attached hydrogen (secondary N) is 2. The Bertz CT molecular complexity index is 950.